The lowest BCUT2D eigenvalue weighted by atomic mass is 9.77. The molecule has 0 bridgehead atoms. The van der Waals surface area contributed by atoms with Crippen LogP contribution in [0.15, 0.2) is 47.6 Å². The average Bonchev–Trinajstić information content (AvgIpc) is 2.73. The van der Waals surface area contributed by atoms with Crippen molar-refractivity contribution in [2.75, 3.05) is 24.7 Å². The maximum Gasteiger partial charge on any atom is 0.336 e. The number of halogens is 2. The van der Waals surface area contributed by atoms with Gasteiger partial charge in [-0.15, -0.1) is 0 Å². The van der Waals surface area contributed by atoms with E-state index in [1.165, 1.54) is 12.3 Å². The van der Waals surface area contributed by atoms with Crippen molar-refractivity contribution in [3.8, 4) is 0 Å². The van der Waals surface area contributed by atoms with Crippen molar-refractivity contribution in [3.05, 3.63) is 58.2 Å². The molecule has 0 saturated heterocycles. The Morgan fingerprint density at radius 3 is 2.70 bits per heavy atom. The molecule has 0 aromatic heterocycles. The Morgan fingerprint density at radius 1 is 1.27 bits per heavy atom. The minimum absolute atomic E-state index is 0.0626. The van der Waals surface area contributed by atoms with E-state index in [9.17, 15) is 9.59 Å². The second kappa shape index (κ2) is 12.2. The van der Waals surface area contributed by atoms with Gasteiger partial charge in [0.2, 0.25) is 0 Å². The first-order valence-corrected chi connectivity index (χ1v) is 11.6. The van der Waals surface area contributed by atoms with Crippen LogP contribution in [-0.2, 0) is 25.5 Å². The Balaban J connectivity index is 2.50. The molecule has 162 valence electrons. The molecule has 30 heavy (non-hydrogen) atoms. The fraction of sp³-hybridized carbons (Fsp3) is 0.409. The molecule has 1 aliphatic rings. The first kappa shape index (κ1) is 24.5. The minimum atomic E-state index is -0.713. The third kappa shape index (κ3) is 6.13. The Labute approximate surface area is 191 Å². The molecule has 0 fully saturated rings. The molecule has 0 N–H and O–H groups in total. The van der Waals surface area contributed by atoms with Crippen LogP contribution in [0.5, 0.6) is 0 Å². The molecule has 8 heteroatoms. The molecule has 0 saturated carbocycles. The van der Waals surface area contributed by atoms with Crippen LogP contribution in [-0.4, -0.2) is 42.4 Å². The SMILES string of the molecule is C=CCOC(=O)C1=CN=C(CSCC)C(C(=O)OCC)C1Cc1cccc(Cl)c1Cl. The maximum atomic E-state index is 12.9. The zero-order valence-electron chi connectivity index (χ0n) is 17.0. The zero-order chi connectivity index (χ0) is 22.1. The molecule has 0 amide bonds. The zero-order valence-corrected chi connectivity index (χ0v) is 19.4. The van der Waals surface area contributed by atoms with Gasteiger partial charge in [-0.3, -0.25) is 9.79 Å². The van der Waals surface area contributed by atoms with Crippen LogP contribution in [0.25, 0.3) is 0 Å². The first-order chi connectivity index (χ1) is 14.4. The van der Waals surface area contributed by atoms with Crippen LogP contribution in [0.1, 0.15) is 19.4 Å². The van der Waals surface area contributed by atoms with E-state index in [2.05, 4.69) is 11.6 Å². The van der Waals surface area contributed by atoms with Crippen LogP contribution >= 0.6 is 35.0 Å². The predicted octanol–water partition coefficient (Wildman–Crippen LogP) is 5.15. The van der Waals surface area contributed by atoms with Crippen molar-refractivity contribution >= 4 is 52.6 Å². The fourth-order valence-electron chi connectivity index (χ4n) is 3.20. The summed E-state index contributed by atoms with van der Waals surface area (Å²) in [6.07, 6.45) is 3.29. The van der Waals surface area contributed by atoms with E-state index in [1.54, 1.807) is 30.8 Å². The van der Waals surface area contributed by atoms with Gasteiger partial charge in [-0.25, -0.2) is 4.79 Å². The van der Waals surface area contributed by atoms with Crippen molar-refractivity contribution < 1.29 is 19.1 Å². The van der Waals surface area contributed by atoms with Gasteiger partial charge in [0.25, 0.3) is 0 Å². The summed E-state index contributed by atoms with van der Waals surface area (Å²) in [5, 5.41) is 0.806. The standard InChI is InChI=1S/C22H25Cl2NO4S/c1-4-10-29-21(26)16-12-25-18(13-30-6-3)19(22(27)28-5-2)15(16)11-14-8-7-9-17(23)20(14)24/h4,7-9,12,15,19H,1,5-6,10-11,13H2,2-3H3. The number of rotatable bonds is 10. The third-order valence-corrected chi connectivity index (χ3v) is 6.33. The van der Waals surface area contributed by atoms with Crippen molar-refractivity contribution in [2.45, 2.75) is 20.3 Å². The molecule has 1 aromatic rings. The summed E-state index contributed by atoms with van der Waals surface area (Å²) in [7, 11) is 0. The van der Waals surface area contributed by atoms with Crippen LogP contribution in [0.3, 0.4) is 0 Å². The van der Waals surface area contributed by atoms with Crippen LogP contribution in [0.2, 0.25) is 10.0 Å². The van der Waals surface area contributed by atoms with Gasteiger partial charge < -0.3 is 9.47 Å². The van der Waals surface area contributed by atoms with Gasteiger partial charge in [0.15, 0.2) is 0 Å². The predicted molar refractivity (Wildman–Crippen MR) is 123 cm³/mol. The second-order valence-electron chi connectivity index (χ2n) is 6.48. The molecule has 0 spiro atoms. The molecule has 0 aliphatic carbocycles. The van der Waals surface area contributed by atoms with Gasteiger partial charge in [0.1, 0.15) is 12.5 Å². The van der Waals surface area contributed by atoms with E-state index in [-0.39, 0.29) is 13.2 Å². The number of esters is 2. The monoisotopic (exact) mass is 469 g/mol. The lowest BCUT2D eigenvalue weighted by molar-refractivity contribution is -0.147. The number of carbonyl (C=O) groups excluding carboxylic acids is 2. The summed E-state index contributed by atoms with van der Waals surface area (Å²) >= 11 is 14.2. The van der Waals surface area contributed by atoms with Gasteiger partial charge >= 0.3 is 11.9 Å². The van der Waals surface area contributed by atoms with Gasteiger partial charge in [-0.1, -0.05) is 54.9 Å². The summed E-state index contributed by atoms with van der Waals surface area (Å²) < 4.78 is 10.6. The smallest absolute Gasteiger partial charge is 0.336 e. The molecule has 2 atom stereocenters. The van der Waals surface area contributed by atoms with E-state index >= 15 is 0 Å². The minimum Gasteiger partial charge on any atom is -0.465 e. The molecule has 0 radical (unpaired) electrons. The topological polar surface area (TPSA) is 65.0 Å². The number of carbonyl (C=O) groups is 2. The highest BCUT2D eigenvalue weighted by molar-refractivity contribution is 7.99. The van der Waals surface area contributed by atoms with E-state index in [0.717, 1.165) is 11.3 Å². The summed E-state index contributed by atoms with van der Waals surface area (Å²) in [6, 6.07) is 5.30. The van der Waals surface area contributed by atoms with Crippen LogP contribution in [0, 0.1) is 11.8 Å². The summed E-state index contributed by atoms with van der Waals surface area (Å²) in [4.78, 5) is 30.1. The average molecular weight is 470 g/mol. The number of thioether (sulfide) groups is 1. The van der Waals surface area contributed by atoms with Crippen LogP contribution in [0.4, 0.5) is 0 Å². The first-order valence-electron chi connectivity index (χ1n) is 9.66. The maximum absolute atomic E-state index is 12.9. The molecule has 5 nitrogen and oxygen atoms in total. The highest BCUT2D eigenvalue weighted by atomic mass is 35.5. The van der Waals surface area contributed by atoms with Gasteiger partial charge in [-0.2, -0.15) is 11.8 Å². The number of ether oxygens (including phenoxy) is 2. The second-order valence-corrected chi connectivity index (χ2v) is 8.54. The highest BCUT2D eigenvalue weighted by Crippen LogP contribution is 2.36. The Morgan fingerprint density at radius 2 is 2.03 bits per heavy atom. The fourth-order valence-corrected chi connectivity index (χ4v) is 4.26. The van der Waals surface area contributed by atoms with Gasteiger partial charge in [-0.05, 0) is 30.7 Å². The Bertz CT molecular complexity index is 854. The molecule has 2 rings (SSSR count). The van der Waals surface area contributed by atoms with Crippen molar-refractivity contribution in [2.24, 2.45) is 16.8 Å². The Kier molecular flexibility index (Phi) is 9.95. The van der Waals surface area contributed by atoms with E-state index in [1.807, 2.05) is 13.0 Å². The van der Waals surface area contributed by atoms with Gasteiger partial charge in [0, 0.05) is 23.6 Å². The molecular formula is C22H25Cl2NO4S. The third-order valence-electron chi connectivity index (χ3n) is 4.56. The molecule has 2 unspecified atom stereocenters. The molecular weight excluding hydrogens is 445 g/mol. The van der Waals surface area contributed by atoms with Crippen LogP contribution < -0.4 is 0 Å². The summed E-state index contributed by atoms with van der Waals surface area (Å²) in [5.41, 5.74) is 1.70. The molecule has 1 aromatic carbocycles. The summed E-state index contributed by atoms with van der Waals surface area (Å²) in [5.74, 6) is -0.781. The van der Waals surface area contributed by atoms with Crippen molar-refractivity contribution in [1.29, 1.82) is 0 Å². The van der Waals surface area contributed by atoms with Crippen molar-refractivity contribution in [3.63, 3.8) is 0 Å². The van der Waals surface area contributed by atoms with Crippen molar-refractivity contribution in [1.82, 2.24) is 0 Å². The molecule has 1 aliphatic heterocycles. The largest absolute Gasteiger partial charge is 0.465 e. The Hall–Kier alpha value is -1.76. The number of hydrogen-bond acceptors (Lipinski definition) is 6. The number of nitrogens with zero attached hydrogens (tertiary/aromatic N) is 1. The lowest BCUT2D eigenvalue weighted by Crippen LogP contribution is -2.40. The quantitative estimate of drug-likeness (QED) is 0.350. The lowest BCUT2D eigenvalue weighted by Gasteiger charge is -2.31. The van der Waals surface area contributed by atoms with E-state index < -0.39 is 23.8 Å². The molecule has 1 heterocycles. The van der Waals surface area contributed by atoms with E-state index in [0.29, 0.717) is 33.5 Å². The summed E-state index contributed by atoms with van der Waals surface area (Å²) in [6.45, 7) is 7.64. The number of benzene rings is 1. The highest BCUT2D eigenvalue weighted by Gasteiger charge is 2.41. The van der Waals surface area contributed by atoms with Gasteiger partial charge in [0.05, 0.1) is 22.2 Å². The number of hydrogen-bond donors (Lipinski definition) is 0. The van der Waals surface area contributed by atoms with E-state index in [4.69, 9.17) is 32.7 Å². The number of aliphatic imine (C=N–C) groups is 1. The normalized spacial score (nSPS) is 18.3.